The van der Waals surface area contributed by atoms with Gasteiger partial charge in [0.05, 0.1) is 0 Å². The van der Waals surface area contributed by atoms with Crippen molar-refractivity contribution >= 4 is 17.8 Å². The van der Waals surface area contributed by atoms with E-state index in [9.17, 15) is 14.4 Å². The van der Waals surface area contributed by atoms with Crippen molar-refractivity contribution in [3.8, 4) is 0 Å². The van der Waals surface area contributed by atoms with Gasteiger partial charge in [0, 0.05) is 12.8 Å². The highest BCUT2D eigenvalue weighted by Gasteiger charge is 2.12. The number of carboxylic acids is 1. The smallest absolute Gasteiger partial charge is 0.322 e. The molecular weight excluding hydrogens is 610 g/mol. The number of carbonyl (C=O) groups is 3. The molecule has 288 valence electrons. The monoisotopic (exact) mass is 692 g/mol. The molecule has 0 heterocycles. The zero-order valence-corrected chi connectivity index (χ0v) is 32.6. The average Bonchev–Trinajstić information content (AvgIpc) is 3.08. The van der Waals surface area contributed by atoms with Gasteiger partial charge in [0.25, 0.3) is 0 Å². The summed E-state index contributed by atoms with van der Waals surface area (Å²) >= 11 is 0. The molecule has 0 saturated heterocycles. The lowest BCUT2D eigenvalue weighted by Crippen LogP contribution is -2.28. The van der Waals surface area contributed by atoms with E-state index in [-0.39, 0.29) is 24.5 Å². The van der Waals surface area contributed by atoms with E-state index in [4.69, 9.17) is 9.84 Å². The summed E-state index contributed by atoms with van der Waals surface area (Å²) in [6.45, 7) is 4.20. The minimum absolute atomic E-state index is 0.0782. The van der Waals surface area contributed by atoms with Crippen LogP contribution in [0.3, 0.4) is 0 Å². The van der Waals surface area contributed by atoms with Crippen molar-refractivity contribution in [1.29, 1.82) is 0 Å². The molecule has 49 heavy (non-hydrogen) atoms. The number of hydrogen-bond donors (Lipinski definition) is 2. The highest BCUT2D eigenvalue weighted by Crippen LogP contribution is 2.17. The summed E-state index contributed by atoms with van der Waals surface area (Å²) in [5, 5.41) is 11.1. The van der Waals surface area contributed by atoms with E-state index in [2.05, 4.69) is 31.3 Å². The molecule has 1 amide bonds. The van der Waals surface area contributed by atoms with E-state index in [0.717, 1.165) is 51.4 Å². The zero-order chi connectivity index (χ0) is 35.9. The number of carboxylic acid groups (broad SMARTS) is 1. The molecule has 0 fully saturated rings. The lowest BCUT2D eigenvalue weighted by atomic mass is 10.0. The Morgan fingerprint density at radius 2 is 0.918 bits per heavy atom. The van der Waals surface area contributed by atoms with Crippen LogP contribution in [-0.4, -0.2) is 35.6 Å². The molecule has 0 saturated carbocycles. The summed E-state index contributed by atoms with van der Waals surface area (Å²) in [5.41, 5.74) is 0. The first-order chi connectivity index (χ1) is 24.0. The van der Waals surface area contributed by atoms with Crippen LogP contribution in [0, 0.1) is 0 Å². The number of rotatable bonds is 39. The van der Waals surface area contributed by atoms with E-state index < -0.39 is 5.97 Å². The standard InChI is InChI=1S/C43H81NO5/c1-3-5-7-9-11-12-13-14-15-16-17-18-19-20-21-22-23-24-26-28-34-38-43(48)49-40(35-31-27-25-10-8-6-4-2)36-32-29-30-33-37-41(45)44-39-42(46)47/h31,35,40H,3-30,32-34,36-39H2,1-2H3,(H,44,45)(H,46,47)/b35-31-. The van der Waals surface area contributed by atoms with E-state index >= 15 is 0 Å². The van der Waals surface area contributed by atoms with Crippen LogP contribution in [0.15, 0.2) is 12.2 Å². The SMILES string of the molecule is CCCCCCC/C=C\C(CCCCCCC(=O)NCC(=O)O)OC(=O)CCCCCCCCCCCCCCCCCCCCCCC. The van der Waals surface area contributed by atoms with E-state index in [0.29, 0.717) is 12.8 Å². The van der Waals surface area contributed by atoms with Gasteiger partial charge in [-0.1, -0.05) is 187 Å². The second kappa shape index (κ2) is 38.9. The fourth-order valence-electron chi connectivity index (χ4n) is 6.48. The lowest BCUT2D eigenvalue weighted by molar-refractivity contribution is -0.147. The Hall–Kier alpha value is -1.85. The lowest BCUT2D eigenvalue weighted by Gasteiger charge is -2.15. The van der Waals surface area contributed by atoms with Gasteiger partial charge in [-0.05, 0) is 44.6 Å². The van der Waals surface area contributed by atoms with Crippen molar-refractivity contribution < 1.29 is 24.2 Å². The van der Waals surface area contributed by atoms with E-state index in [1.165, 1.54) is 154 Å². The maximum atomic E-state index is 12.6. The van der Waals surface area contributed by atoms with Crippen LogP contribution in [-0.2, 0) is 19.1 Å². The summed E-state index contributed by atoms with van der Waals surface area (Å²) in [7, 11) is 0. The number of unbranched alkanes of at least 4 members (excludes halogenated alkanes) is 28. The molecule has 0 aliphatic rings. The van der Waals surface area contributed by atoms with Crippen molar-refractivity contribution in [1.82, 2.24) is 5.32 Å². The fourth-order valence-corrected chi connectivity index (χ4v) is 6.48. The molecule has 0 aromatic carbocycles. The van der Waals surface area contributed by atoms with Gasteiger partial charge in [-0.2, -0.15) is 0 Å². The number of amides is 1. The molecule has 6 nitrogen and oxygen atoms in total. The molecule has 0 bridgehead atoms. The highest BCUT2D eigenvalue weighted by atomic mass is 16.5. The molecule has 0 rings (SSSR count). The van der Waals surface area contributed by atoms with Gasteiger partial charge in [-0.25, -0.2) is 0 Å². The van der Waals surface area contributed by atoms with Gasteiger partial charge in [0.1, 0.15) is 12.6 Å². The van der Waals surface area contributed by atoms with Crippen molar-refractivity contribution in [2.24, 2.45) is 0 Å². The second-order valence-electron chi connectivity index (χ2n) is 14.6. The van der Waals surface area contributed by atoms with Gasteiger partial charge >= 0.3 is 11.9 Å². The highest BCUT2D eigenvalue weighted by molar-refractivity contribution is 5.80. The number of aliphatic carboxylic acids is 1. The number of ether oxygens (including phenoxy) is 1. The van der Waals surface area contributed by atoms with Crippen LogP contribution in [0.2, 0.25) is 0 Å². The molecular formula is C43H81NO5. The fraction of sp³-hybridized carbons (Fsp3) is 0.884. The molecule has 2 N–H and O–H groups in total. The van der Waals surface area contributed by atoms with Crippen LogP contribution in [0.5, 0.6) is 0 Å². The largest absolute Gasteiger partial charge is 0.480 e. The van der Waals surface area contributed by atoms with Crippen molar-refractivity contribution in [3.05, 3.63) is 12.2 Å². The predicted molar refractivity (Wildman–Crippen MR) is 208 cm³/mol. The summed E-state index contributed by atoms with van der Waals surface area (Å²) < 4.78 is 5.89. The Bertz CT molecular complexity index is 767. The first-order valence-corrected chi connectivity index (χ1v) is 21.3. The summed E-state index contributed by atoms with van der Waals surface area (Å²) in [6, 6.07) is 0. The van der Waals surface area contributed by atoms with Gasteiger partial charge in [-0.15, -0.1) is 0 Å². The Balaban J connectivity index is 3.89. The minimum atomic E-state index is -1.02. The third kappa shape index (κ3) is 38.8. The second-order valence-corrected chi connectivity index (χ2v) is 14.6. The number of esters is 1. The third-order valence-electron chi connectivity index (χ3n) is 9.67. The molecule has 0 aliphatic heterocycles. The minimum Gasteiger partial charge on any atom is -0.480 e. The van der Waals surface area contributed by atoms with Gasteiger partial charge in [-0.3, -0.25) is 14.4 Å². The van der Waals surface area contributed by atoms with Crippen LogP contribution in [0.25, 0.3) is 0 Å². The topological polar surface area (TPSA) is 92.7 Å². The zero-order valence-electron chi connectivity index (χ0n) is 32.6. The molecule has 6 heteroatoms. The number of hydrogen-bond acceptors (Lipinski definition) is 4. The van der Waals surface area contributed by atoms with Gasteiger partial charge in [0.2, 0.25) is 5.91 Å². The molecule has 0 aliphatic carbocycles. The molecule has 0 spiro atoms. The van der Waals surface area contributed by atoms with Gasteiger partial charge < -0.3 is 15.2 Å². The molecule has 1 atom stereocenters. The number of allylic oxidation sites excluding steroid dienone is 1. The van der Waals surface area contributed by atoms with E-state index in [1.54, 1.807) is 0 Å². The predicted octanol–water partition coefficient (Wildman–Crippen LogP) is 13.0. The molecule has 0 aromatic heterocycles. The normalized spacial score (nSPS) is 12.0. The van der Waals surface area contributed by atoms with Gasteiger partial charge in [0.15, 0.2) is 0 Å². The van der Waals surface area contributed by atoms with Crippen molar-refractivity contribution in [2.45, 2.75) is 238 Å². The van der Waals surface area contributed by atoms with Crippen LogP contribution < -0.4 is 5.32 Å². The Morgan fingerprint density at radius 1 is 0.531 bits per heavy atom. The molecule has 0 radical (unpaired) electrons. The summed E-state index contributed by atoms with van der Waals surface area (Å²) in [6.07, 6.45) is 45.1. The maximum absolute atomic E-state index is 12.6. The summed E-state index contributed by atoms with van der Waals surface area (Å²) in [4.78, 5) is 34.9. The Labute approximate surface area is 303 Å². The number of nitrogens with one attached hydrogen (secondary N) is 1. The Morgan fingerprint density at radius 3 is 1.37 bits per heavy atom. The third-order valence-corrected chi connectivity index (χ3v) is 9.67. The van der Waals surface area contributed by atoms with Crippen LogP contribution in [0.4, 0.5) is 0 Å². The first-order valence-electron chi connectivity index (χ1n) is 21.3. The summed E-state index contributed by atoms with van der Waals surface area (Å²) in [5.74, 6) is -1.31. The number of carbonyl (C=O) groups excluding carboxylic acids is 2. The van der Waals surface area contributed by atoms with Crippen LogP contribution >= 0.6 is 0 Å². The van der Waals surface area contributed by atoms with E-state index in [1.807, 2.05) is 0 Å². The Kier molecular flexibility index (Phi) is 37.5. The molecule has 0 aromatic rings. The quantitative estimate of drug-likeness (QED) is 0.0380. The van der Waals surface area contributed by atoms with Crippen molar-refractivity contribution in [2.75, 3.05) is 6.54 Å². The van der Waals surface area contributed by atoms with Crippen LogP contribution in [0.1, 0.15) is 232 Å². The van der Waals surface area contributed by atoms with Crippen molar-refractivity contribution in [3.63, 3.8) is 0 Å². The first kappa shape index (κ1) is 47.1. The average molecular weight is 692 g/mol. The molecule has 1 unspecified atom stereocenters. The maximum Gasteiger partial charge on any atom is 0.322 e.